The number of nitrogens with zero attached hydrogens (tertiary/aromatic N) is 1. The van der Waals surface area contributed by atoms with Crippen molar-refractivity contribution in [3.63, 3.8) is 0 Å². The molecule has 2 rings (SSSR count). The van der Waals surface area contributed by atoms with Gasteiger partial charge in [0.05, 0.1) is 6.20 Å². The third-order valence-corrected chi connectivity index (χ3v) is 2.77. The molecule has 0 aliphatic carbocycles. The number of ether oxygens (including phenoxy) is 1. The van der Waals surface area contributed by atoms with Crippen molar-refractivity contribution >= 4 is 5.91 Å². The highest BCUT2D eigenvalue weighted by molar-refractivity contribution is 5.92. The first-order chi connectivity index (χ1) is 7.58. The van der Waals surface area contributed by atoms with Gasteiger partial charge in [-0.1, -0.05) is 0 Å². The van der Waals surface area contributed by atoms with Crippen LogP contribution in [-0.2, 0) is 0 Å². The summed E-state index contributed by atoms with van der Waals surface area (Å²) >= 11 is 0. The second-order valence-corrected chi connectivity index (χ2v) is 4.05. The van der Waals surface area contributed by atoms with Crippen LogP contribution in [0, 0.1) is 6.92 Å². The molecule has 0 saturated carbocycles. The van der Waals surface area contributed by atoms with E-state index >= 15 is 0 Å². The van der Waals surface area contributed by atoms with E-state index in [0.717, 1.165) is 12.1 Å². The van der Waals surface area contributed by atoms with E-state index < -0.39 is 5.91 Å². The molecule has 0 unspecified atom stereocenters. The zero-order chi connectivity index (χ0) is 11.7. The molecule has 5 heteroatoms. The van der Waals surface area contributed by atoms with E-state index in [-0.39, 0.29) is 6.10 Å². The maximum Gasteiger partial charge on any atom is 0.267 e. The Kier molecular flexibility index (Phi) is 2.78. The van der Waals surface area contributed by atoms with Crippen LogP contribution in [0.1, 0.15) is 23.0 Å². The first kappa shape index (κ1) is 10.9. The monoisotopic (exact) mass is 221 g/mol. The fourth-order valence-corrected chi connectivity index (χ4v) is 1.64. The van der Waals surface area contributed by atoms with Crippen LogP contribution in [0.3, 0.4) is 0 Å². The standard InChI is InChI=1S/C11H15N3O2/c1-6-3-8(4-14-10(6)11(12)15)16-9-5-13-7(9)2/h3-4,7,9,13H,5H2,1-2H3,(H2,12,15)/t7-,9+/m0/s1. The molecule has 1 aliphatic heterocycles. The SMILES string of the molecule is Cc1cc(O[C@@H]2CN[C@H]2C)cnc1C(N)=O. The maximum atomic E-state index is 11.0. The van der Waals surface area contributed by atoms with Gasteiger partial charge in [-0.15, -0.1) is 0 Å². The normalized spacial score (nSPS) is 23.6. The fraction of sp³-hybridized carbons (Fsp3) is 0.455. The summed E-state index contributed by atoms with van der Waals surface area (Å²) in [7, 11) is 0. The summed E-state index contributed by atoms with van der Waals surface area (Å²) in [5.74, 6) is 0.170. The van der Waals surface area contributed by atoms with Crippen LogP contribution in [0.5, 0.6) is 5.75 Å². The fourth-order valence-electron chi connectivity index (χ4n) is 1.64. The quantitative estimate of drug-likeness (QED) is 0.766. The Morgan fingerprint density at radius 1 is 1.69 bits per heavy atom. The van der Waals surface area contributed by atoms with Gasteiger partial charge in [0.25, 0.3) is 5.91 Å². The number of hydrogen-bond donors (Lipinski definition) is 2. The van der Waals surface area contributed by atoms with Gasteiger partial charge in [0.15, 0.2) is 0 Å². The third-order valence-electron chi connectivity index (χ3n) is 2.77. The third kappa shape index (κ3) is 1.99. The summed E-state index contributed by atoms with van der Waals surface area (Å²) in [5.41, 5.74) is 6.21. The summed E-state index contributed by atoms with van der Waals surface area (Å²) < 4.78 is 5.70. The number of primary amides is 1. The molecular formula is C11H15N3O2. The molecule has 2 atom stereocenters. The highest BCUT2D eigenvalue weighted by Crippen LogP contribution is 2.18. The van der Waals surface area contributed by atoms with Crippen molar-refractivity contribution in [1.82, 2.24) is 10.3 Å². The molecule has 0 radical (unpaired) electrons. The Balaban J connectivity index is 2.11. The number of hydrogen-bond acceptors (Lipinski definition) is 4. The second-order valence-electron chi connectivity index (χ2n) is 4.05. The Morgan fingerprint density at radius 3 is 2.88 bits per heavy atom. The Hall–Kier alpha value is -1.62. The average Bonchev–Trinajstić information content (AvgIpc) is 2.23. The lowest BCUT2D eigenvalue weighted by Crippen LogP contribution is -2.58. The lowest BCUT2D eigenvalue weighted by molar-refractivity contribution is 0.0931. The predicted molar refractivity (Wildman–Crippen MR) is 59.4 cm³/mol. The number of amides is 1. The van der Waals surface area contributed by atoms with E-state index in [1.807, 2.05) is 0 Å². The molecule has 1 saturated heterocycles. The van der Waals surface area contributed by atoms with Gasteiger partial charge in [-0.25, -0.2) is 4.98 Å². The Morgan fingerprint density at radius 2 is 2.44 bits per heavy atom. The van der Waals surface area contributed by atoms with Crippen molar-refractivity contribution in [2.24, 2.45) is 5.73 Å². The summed E-state index contributed by atoms with van der Waals surface area (Å²) in [4.78, 5) is 15.0. The van der Waals surface area contributed by atoms with Crippen LogP contribution in [0.4, 0.5) is 0 Å². The minimum atomic E-state index is -0.511. The van der Waals surface area contributed by atoms with Gasteiger partial charge in [0, 0.05) is 12.6 Å². The van der Waals surface area contributed by atoms with Crippen LogP contribution >= 0.6 is 0 Å². The Bertz CT molecular complexity index is 420. The van der Waals surface area contributed by atoms with Crippen molar-refractivity contribution in [2.45, 2.75) is 26.0 Å². The molecule has 1 aliphatic rings. The molecule has 0 spiro atoms. The van der Waals surface area contributed by atoms with Crippen LogP contribution in [0.25, 0.3) is 0 Å². The van der Waals surface area contributed by atoms with E-state index in [9.17, 15) is 4.79 Å². The first-order valence-corrected chi connectivity index (χ1v) is 5.24. The number of carbonyl (C=O) groups excluding carboxylic acids is 1. The highest BCUT2D eigenvalue weighted by atomic mass is 16.5. The topological polar surface area (TPSA) is 77.2 Å². The number of pyridine rings is 1. The minimum absolute atomic E-state index is 0.181. The van der Waals surface area contributed by atoms with Crippen LogP contribution < -0.4 is 15.8 Å². The smallest absolute Gasteiger partial charge is 0.267 e. The number of carbonyl (C=O) groups is 1. The van der Waals surface area contributed by atoms with E-state index in [2.05, 4.69) is 17.2 Å². The number of nitrogens with one attached hydrogen (secondary N) is 1. The predicted octanol–water partition coefficient (Wildman–Crippen LogP) is 0.228. The summed E-state index contributed by atoms with van der Waals surface area (Å²) in [6.45, 7) is 4.70. The van der Waals surface area contributed by atoms with Crippen LogP contribution in [0.2, 0.25) is 0 Å². The van der Waals surface area contributed by atoms with Crippen molar-refractivity contribution in [3.05, 3.63) is 23.5 Å². The number of aromatic nitrogens is 1. The molecule has 3 N–H and O–H groups in total. The summed E-state index contributed by atoms with van der Waals surface area (Å²) in [6.07, 6.45) is 1.72. The minimum Gasteiger partial charge on any atom is -0.486 e. The largest absolute Gasteiger partial charge is 0.486 e. The van der Waals surface area contributed by atoms with E-state index in [1.165, 1.54) is 6.20 Å². The highest BCUT2D eigenvalue weighted by Gasteiger charge is 2.28. The number of nitrogens with two attached hydrogens (primary N) is 1. The zero-order valence-corrected chi connectivity index (χ0v) is 9.36. The van der Waals surface area contributed by atoms with E-state index in [4.69, 9.17) is 10.5 Å². The maximum absolute atomic E-state index is 11.0. The summed E-state index contributed by atoms with van der Waals surface area (Å²) in [6, 6.07) is 2.15. The van der Waals surface area contributed by atoms with Crippen molar-refractivity contribution in [2.75, 3.05) is 6.54 Å². The molecule has 86 valence electrons. The lowest BCUT2D eigenvalue weighted by atomic mass is 10.1. The molecule has 0 bridgehead atoms. The zero-order valence-electron chi connectivity index (χ0n) is 9.36. The van der Waals surface area contributed by atoms with E-state index in [1.54, 1.807) is 13.0 Å². The van der Waals surface area contributed by atoms with Gasteiger partial charge in [0.2, 0.25) is 0 Å². The van der Waals surface area contributed by atoms with Gasteiger partial charge in [-0.2, -0.15) is 0 Å². The van der Waals surface area contributed by atoms with Crippen LogP contribution in [0.15, 0.2) is 12.3 Å². The molecule has 2 heterocycles. The molecule has 16 heavy (non-hydrogen) atoms. The molecule has 1 amide bonds. The van der Waals surface area contributed by atoms with E-state index in [0.29, 0.717) is 17.5 Å². The van der Waals surface area contributed by atoms with Gasteiger partial charge >= 0.3 is 0 Å². The number of aryl methyl sites for hydroxylation is 1. The molecule has 1 fully saturated rings. The van der Waals surface area contributed by atoms with Gasteiger partial charge < -0.3 is 15.8 Å². The van der Waals surface area contributed by atoms with Gasteiger partial charge in [-0.3, -0.25) is 4.79 Å². The first-order valence-electron chi connectivity index (χ1n) is 5.24. The van der Waals surface area contributed by atoms with Gasteiger partial charge in [-0.05, 0) is 25.5 Å². The molecule has 0 aromatic carbocycles. The van der Waals surface area contributed by atoms with Crippen LogP contribution in [-0.4, -0.2) is 29.6 Å². The molecular weight excluding hydrogens is 206 g/mol. The van der Waals surface area contributed by atoms with Gasteiger partial charge in [0.1, 0.15) is 17.5 Å². The van der Waals surface area contributed by atoms with Crippen molar-refractivity contribution in [1.29, 1.82) is 0 Å². The second kappa shape index (κ2) is 4.09. The average molecular weight is 221 g/mol. The lowest BCUT2D eigenvalue weighted by Gasteiger charge is -2.35. The number of rotatable bonds is 3. The summed E-state index contributed by atoms with van der Waals surface area (Å²) in [5, 5.41) is 3.20. The molecule has 1 aromatic heterocycles. The Labute approximate surface area is 94.0 Å². The molecule has 1 aromatic rings. The molecule has 5 nitrogen and oxygen atoms in total. The van der Waals surface area contributed by atoms with Crippen molar-refractivity contribution in [3.8, 4) is 5.75 Å². The van der Waals surface area contributed by atoms with Crippen molar-refractivity contribution < 1.29 is 9.53 Å².